The zero-order chi connectivity index (χ0) is 11.7. The number of hydrogen-bond donors (Lipinski definition) is 1. The van der Waals surface area contributed by atoms with Crippen molar-refractivity contribution in [2.45, 2.75) is 46.0 Å². The number of esters is 1. The van der Waals surface area contributed by atoms with Crippen molar-refractivity contribution < 1.29 is 19.4 Å². The summed E-state index contributed by atoms with van der Waals surface area (Å²) in [5.74, 6) is -1.24. The number of aliphatic carboxylic acids is 1. The van der Waals surface area contributed by atoms with E-state index in [1.165, 1.54) is 0 Å². The molecule has 4 heteroatoms. The highest BCUT2D eigenvalue weighted by Crippen LogP contribution is 2.13. The molecule has 0 aromatic carbocycles. The van der Waals surface area contributed by atoms with Crippen LogP contribution in [-0.2, 0) is 14.3 Å². The van der Waals surface area contributed by atoms with E-state index in [0.29, 0.717) is 13.0 Å². The summed E-state index contributed by atoms with van der Waals surface area (Å²) in [7, 11) is 0. The Morgan fingerprint density at radius 2 is 1.93 bits per heavy atom. The molecular weight excluding hydrogens is 196 g/mol. The van der Waals surface area contributed by atoms with Crippen LogP contribution in [0, 0.1) is 5.92 Å². The van der Waals surface area contributed by atoms with E-state index in [2.05, 4.69) is 0 Å². The van der Waals surface area contributed by atoms with Crippen molar-refractivity contribution in [3.05, 3.63) is 0 Å². The van der Waals surface area contributed by atoms with E-state index in [1.54, 1.807) is 0 Å². The molecule has 0 fully saturated rings. The molecule has 0 aromatic rings. The molecule has 0 spiro atoms. The number of unbranched alkanes of at least 4 members (excludes halogenated alkanes) is 1. The minimum Gasteiger partial charge on any atom is -0.481 e. The molecule has 0 saturated carbocycles. The minimum absolute atomic E-state index is 0.0410. The molecule has 0 aliphatic heterocycles. The van der Waals surface area contributed by atoms with E-state index in [-0.39, 0.29) is 24.7 Å². The molecule has 1 atom stereocenters. The first-order valence-electron chi connectivity index (χ1n) is 5.47. The van der Waals surface area contributed by atoms with Crippen LogP contribution < -0.4 is 0 Å². The summed E-state index contributed by atoms with van der Waals surface area (Å²) in [6.45, 7) is 4.35. The molecule has 0 rings (SSSR count). The van der Waals surface area contributed by atoms with Gasteiger partial charge in [0.15, 0.2) is 0 Å². The topological polar surface area (TPSA) is 63.6 Å². The molecule has 0 aliphatic carbocycles. The Labute approximate surface area is 90.6 Å². The maximum atomic E-state index is 11.3. The van der Waals surface area contributed by atoms with Crippen molar-refractivity contribution in [2.75, 3.05) is 6.61 Å². The Morgan fingerprint density at radius 3 is 2.40 bits per heavy atom. The second-order valence-electron chi connectivity index (χ2n) is 3.65. The van der Waals surface area contributed by atoms with E-state index >= 15 is 0 Å². The third-order valence-corrected chi connectivity index (χ3v) is 2.26. The number of hydrogen-bond acceptors (Lipinski definition) is 3. The van der Waals surface area contributed by atoms with Crippen LogP contribution in [0.25, 0.3) is 0 Å². The van der Waals surface area contributed by atoms with Gasteiger partial charge in [0, 0.05) is 12.8 Å². The zero-order valence-electron chi connectivity index (χ0n) is 9.49. The summed E-state index contributed by atoms with van der Waals surface area (Å²) < 4.78 is 4.96. The molecule has 0 aromatic heterocycles. The molecule has 0 amide bonds. The number of carboxylic acid groups (broad SMARTS) is 1. The SMILES string of the molecule is CCCCOC(=O)C[C@H](CC)CC(=O)O. The van der Waals surface area contributed by atoms with Crippen LogP contribution in [0.4, 0.5) is 0 Å². The van der Waals surface area contributed by atoms with E-state index in [4.69, 9.17) is 9.84 Å². The van der Waals surface area contributed by atoms with E-state index in [0.717, 1.165) is 12.8 Å². The molecule has 0 unspecified atom stereocenters. The molecule has 0 saturated heterocycles. The van der Waals surface area contributed by atoms with Crippen LogP contribution in [-0.4, -0.2) is 23.7 Å². The summed E-state index contributed by atoms with van der Waals surface area (Å²) in [5, 5.41) is 8.59. The van der Waals surface area contributed by atoms with Crippen LogP contribution >= 0.6 is 0 Å². The van der Waals surface area contributed by atoms with Gasteiger partial charge in [-0.2, -0.15) is 0 Å². The fourth-order valence-electron chi connectivity index (χ4n) is 1.23. The smallest absolute Gasteiger partial charge is 0.306 e. The lowest BCUT2D eigenvalue weighted by molar-refractivity contribution is -0.145. The van der Waals surface area contributed by atoms with Crippen molar-refractivity contribution in [1.29, 1.82) is 0 Å². The van der Waals surface area contributed by atoms with Crippen LogP contribution in [0.3, 0.4) is 0 Å². The van der Waals surface area contributed by atoms with Crippen LogP contribution in [0.2, 0.25) is 0 Å². The Bertz CT molecular complexity index is 201. The summed E-state index contributed by atoms with van der Waals surface area (Å²) in [5.41, 5.74) is 0. The molecule has 4 nitrogen and oxygen atoms in total. The summed E-state index contributed by atoms with van der Waals surface area (Å²) >= 11 is 0. The van der Waals surface area contributed by atoms with Gasteiger partial charge in [0.1, 0.15) is 0 Å². The van der Waals surface area contributed by atoms with Gasteiger partial charge in [-0.3, -0.25) is 9.59 Å². The summed E-state index contributed by atoms with van der Waals surface area (Å²) in [6, 6.07) is 0. The van der Waals surface area contributed by atoms with Crippen molar-refractivity contribution in [1.82, 2.24) is 0 Å². The van der Waals surface area contributed by atoms with Gasteiger partial charge in [-0.1, -0.05) is 26.7 Å². The van der Waals surface area contributed by atoms with E-state index in [1.807, 2.05) is 13.8 Å². The highest BCUT2D eigenvalue weighted by Gasteiger charge is 2.16. The molecule has 0 radical (unpaired) electrons. The fourth-order valence-corrected chi connectivity index (χ4v) is 1.23. The number of carbonyl (C=O) groups excluding carboxylic acids is 1. The molecule has 0 heterocycles. The lowest BCUT2D eigenvalue weighted by Crippen LogP contribution is -2.14. The molecule has 15 heavy (non-hydrogen) atoms. The second kappa shape index (κ2) is 8.26. The van der Waals surface area contributed by atoms with Crippen LogP contribution in [0.15, 0.2) is 0 Å². The van der Waals surface area contributed by atoms with Crippen LogP contribution in [0.1, 0.15) is 46.0 Å². The third-order valence-electron chi connectivity index (χ3n) is 2.26. The Morgan fingerprint density at radius 1 is 1.27 bits per heavy atom. The standard InChI is InChI=1S/C11H20O4/c1-3-5-6-15-11(14)8-9(4-2)7-10(12)13/h9H,3-8H2,1-2H3,(H,12,13)/t9-/m1/s1. The quantitative estimate of drug-likeness (QED) is 0.499. The highest BCUT2D eigenvalue weighted by molar-refractivity contribution is 5.72. The van der Waals surface area contributed by atoms with E-state index in [9.17, 15) is 9.59 Å². The number of ether oxygens (including phenoxy) is 1. The maximum absolute atomic E-state index is 11.3. The first-order valence-corrected chi connectivity index (χ1v) is 5.47. The summed E-state index contributed by atoms with van der Waals surface area (Å²) in [4.78, 5) is 21.7. The van der Waals surface area contributed by atoms with Crippen molar-refractivity contribution >= 4 is 11.9 Å². The molecule has 0 bridgehead atoms. The van der Waals surface area contributed by atoms with Crippen molar-refractivity contribution in [3.8, 4) is 0 Å². The van der Waals surface area contributed by atoms with Gasteiger partial charge >= 0.3 is 11.9 Å². The molecule has 88 valence electrons. The number of carbonyl (C=O) groups is 2. The Kier molecular flexibility index (Phi) is 7.68. The highest BCUT2D eigenvalue weighted by atomic mass is 16.5. The zero-order valence-corrected chi connectivity index (χ0v) is 9.49. The number of carboxylic acids is 1. The van der Waals surface area contributed by atoms with Gasteiger partial charge in [-0.05, 0) is 12.3 Å². The monoisotopic (exact) mass is 216 g/mol. The predicted octanol–water partition coefficient (Wildman–Crippen LogP) is 2.22. The van der Waals surface area contributed by atoms with E-state index < -0.39 is 5.97 Å². The van der Waals surface area contributed by atoms with Crippen molar-refractivity contribution in [2.24, 2.45) is 5.92 Å². The first-order chi connectivity index (χ1) is 7.10. The maximum Gasteiger partial charge on any atom is 0.306 e. The largest absolute Gasteiger partial charge is 0.481 e. The Balaban J connectivity index is 3.75. The number of rotatable bonds is 8. The first kappa shape index (κ1) is 13.9. The Hall–Kier alpha value is -1.06. The summed E-state index contributed by atoms with van der Waals surface area (Å²) in [6.07, 6.45) is 2.79. The van der Waals surface area contributed by atoms with Crippen molar-refractivity contribution in [3.63, 3.8) is 0 Å². The van der Waals surface area contributed by atoms with Gasteiger partial charge in [-0.15, -0.1) is 0 Å². The van der Waals surface area contributed by atoms with Gasteiger partial charge in [0.25, 0.3) is 0 Å². The average Bonchev–Trinajstić information content (AvgIpc) is 2.16. The fraction of sp³-hybridized carbons (Fsp3) is 0.818. The lowest BCUT2D eigenvalue weighted by atomic mass is 9.99. The van der Waals surface area contributed by atoms with Gasteiger partial charge in [0.2, 0.25) is 0 Å². The molecular formula is C11H20O4. The second-order valence-corrected chi connectivity index (χ2v) is 3.65. The van der Waals surface area contributed by atoms with Gasteiger partial charge in [0.05, 0.1) is 6.61 Å². The van der Waals surface area contributed by atoms with Gasteiger partial charge in [-0.25, -0.2) is 0 Å². The minimum atomic E-state index is -0.858. The normalized spacial score (nSPS) is 12.1. The predicted molar refractivity (Wildman–Crippen MR) is 56.5 cm³/mol. The third kappa shape index (κ3) is 7.97. The van der Waals surface area contributed by atoms with Gasteiger partial charge < -0.3 is 9.84 Å². The van der Waals surface area contributed by atoms with Crippen LogP contribution in [0.5, 0.6) is 0 Å². The molecule has 1 N–H and O–H groups in total. The lowest BCUT2D eigenvalue weighted by Gasteiger charge is -2.11. The average molecular weight is 216 g/mol. The molecule has 0 aliphatic rings.